The van der Waals surface area contributed by atoms with E-state index in [4.69, 9.17) is 4.74 Å². The van der Waals surface area contributed by atoms with E-state index in [2.05, 4.69) is 13.8 Å². The number of benzene rings is 1. The Morgan fingerprint density at radius 1 is 1.22 bits per heavy atom. The van der Waals surface area contributed by atoms with Gasteiger partial charge in [0.1, 0.15) is 11.4 Å². The van der Waals surface area contributed by atoms with E-state index in [-0.39, 0.29) is 16.8 Å². The molecule has 1 atom stereocenters. The number of thioether (sulfide) groups is 1. The highest BCUT2D eigenvalue weighted by molar-refractivity contribution is 7.99. The lowest BCUT2D eigenvalue weighted by Gasteiger charge is -2.46. The molecule has 0 aliphatic carbocycles. The maximum Gasteiger partial charge on any atom is 0.170 e. The van der Waals surface area contributed by atoms with Crippen molar-refractivity contribution in [2.75, 3.05) is 11.5 Å². The fourth-order valence-electron chi connectivity index (χ4n) is 3.11. The normalized spacial score (nSPS) is 29.8. The topological polar surface area (TPSA) is 26.3 Å². The lowest BCUT2D eigenvalue weighted by molar-refractivity contribution is 0.0256. The van der Waals surface area contributed by atoms with Gasteiger partial charge in [0.25, 0.3) is 0 Å². The smallest absolute Gasteiger partial charge is 0.170 e. The van der Waals surface area contributed by atoms with Crippen LogP contribution in [0.15, 0.2) is 24.3 Å². The van der Waals surface area contributed by atoms with Gasteiger partial charge in [0.05, 0.1) is 12.0 Å². The summed E-state index contributed by atoms with van der Waals surface area (Å²) < 4.78 is 6.22. The molecule has 1 aromatic rings. The summed E-state index contributed by atoms with van der Waals surface area (Å²) in [6, 6.07) is 7.62. The molecule has 0 bridgehead atoms. The maximum absolute atomic E-state index is 12.3. The fraction of sp³-hybridized carbons (Fsp3) is 0.533. The van der Waals surface area contributed by atoms with Crippen LogP contribution in [0.25, 0.3) is 0 Å². The molecule has 1 saturated heterocycles. The highest BCUT2D eigenvalue weighted by atomic mass is 32.2. The molecule has 3 heteroatoms. The van der Waals surface area contributed by atoms with Crippen molar-refractivity contribution >= 4 is 17.5 Å². The van der Waals surface area contributed by atoms with E-state index < -0.39 is 0 Å². The van der Waals surface area contributed by atoms with Gasteiger partial charge in [-0.25, -0.2) is 0 Å². The summed E-state index contributed by atoms with van der Waals surface area (Å²) in [6.45, 7) is 4.52. The monoisotopic (exact) mass is 262 g/mol. The SMILES string of the molecule is CC1(C)CSCC2(CC(=O)c3ccccc3O2)C1. The molecule has 1 unspecified atom stereocenters. The molecule has 2 aliphatic heterocycles. The van der Waals surface area contributed by atoms with E-state index in [1.807, 2.05) is 36.0 Å². The van der Waals surface area contributed by atoms with Gasteiger partial charge >= 0.3 is 0 Å². The van der Waals surface area contributed by atoms with Crippen LogP contribution in [-0.2, 0) is 0 Å². The van der Waals surface area contributed by atoms with Crippen molar-refractivity contribution in [1.82, 2.24) is 0 Å². The van der Waals surface area contributed by atoms with E-state index >= 15 is 0 Å². The first kappa shape index (κ1) is 12.1. The van der Waals surface area contributed by atoms with E-state index in [1.165, 1.54) is 0 Å². The number of para-hydroxylation sites is 1. The molecule has 0 saturated carbocycles. The second-order valence-electron chi connectivity index (χ2n) is 6.21. The van der Waals surface area contributed by atoms with E-state index in [9.17, 15) is 4.79 Å². The Morgan fingerprint density at radius 2 is 2.00 bits per heavy atom. The number of hydrogen-bond donors (Lipinski definition) is 0. The second-order valence-corrected chi connectivity index (χ2v) is 7.20. The van der Waals surface area contributed by atoms with Gasteiger partial charge in [0.15, 0.2) is 5.78 Å². The van der Waals surface area contributed by atoms with Crippen LogP contribution in [0.4, 0.5) is 0 Å². The quantitative estimate of drug-likeness (QED) is 0.715. The van der Waals surface area contributed by atoms with Crippen LogP contribution in [0.5, 0.6) is 5.75 Å². The predicted octanol–water partition coefficient (Wildman–Crippen LogP) is 3.55. The Bertz CT molecular complexity index is 495. The van der Waals surface area contributed by atoms with Crippen molar-refractivity contribution in [2.24, 2.45) is 5.41 Å². The zero-order valence-electron chi connectivity index (χ0n) is 10.9. The predicted molar refractivity (Wildman–Crippen MR) is 74.5 cm³/mol. The van der Waals surface area contributed by atoms with Crippen molar-refractivity contribution in [3.63, 3.8) is 0 Å². The zero-order chi connectivity index (χ0) is 12.8. The Kier molecular flexibility index (Phi) is 2.70. The highest BCUT2D eigenvalue weighted by Crippen LogP contribution is 2.46. The number of hydrogen-bond acceptors (Lipinski definition) is 3. The van der Waals surface area contributed by atoms with Crippen LogP contribution in [0.3, 0.4) is 0 Å². The maximum atomic E-state index is 12.3. The molecule has 96 valence electrons. The number of carbonyl (C=O) groups excluding carboxylic acids is 1. The Labute approximate surface area is 112 Å². The third-order valence-corrected chi connectivity index (χ3v) is 5.37. The minimum Gasteiger partial charge on any atom is -0.485 e. The Balaban J connectivity index is 1.96. The first-order valence-corrected chi connectivity index (χ1v) is 7.54. The summed E-state index contributed by atoms with van der Waals surface area (Å²) >= 11 is 1.91. The van der Waals surface area contributed by atoms with Crippen LogP contribution in [0.2, 0.25) is 0 Å². The van der Waals surface area contributed by atoms with Crippen LogP contribution in [0.1, 0.15) is 37.0 Å². The Morgan fingerprint density at radius 3 is 2.78 bits per heavy atom. The minimum atomic E-state index is -0.280. The average molecular weight is 262 g/mol. The van der Waals surface area contributed by atoms with E-state index in [0.29, 0.717) is 6.42 Å². The lowest BCUT2D eigenvalue weighted by Crippen LogP contribution is -2.50. The summed E-state index contributed by atoms with van der Waals surface area (Å²) in [7, 11) is 0. The third kappa shape index (κ3) is 2.05. The van der Waals surface area contributed by atoms with Crippen molar-refractivity contribution in [3.05, 3.63) is 29.8 Å². The first-order chi connectivity index (χ1) is 8.50. The van der Waals surface area contributed by atoms with Gasteiger partial charge in [-0.2, -0.15) is 11.8 Å². The molecule has 1 spiro atoms. The number of ether oxygens (including phenoxy) is 1. The third-order valence-electron chi connectivity index (χ3n) is 3.66. The van der Waals surface area contributed by atoms with Gasteiger partial charge in [-0.3, -0.25) is 4.79 Å². The van der Waals surface area contributed by atoms with Gasteiger partial charge in [-0.1, -0.05) is 26.0 Å². The molecular formula is C15H18O2S. The molecule has 2 aliphatic rings. The molecule has 1 fully saturated rings. The van der Waals surface area contributed by atoms with Crippen molar-refractivity contribution < 1.29 is 9.53 Å². The van der Waals surface area contributed by atoms with Gasteiger partial charge in [-0.15, -0.1) is 0 Å². The summed E-state index contributed by atoms with van der Waals surface area (Å²) in [4.78, 5) is 12.3. The Hall–Kier alpha value is -0.960. The standard InChI is InChI=1S/C15H18O2S/c1-14(2)8-15(10-18-9-14)7-12(16)11-5-3-4-6-13(11)17-15/h3-6H,7-10H2,1-2H3. The highest BCUT2D eigenvalue weighted by Gasteiger charge is 2.46. The summed E-state index contributed by atoms with van der Waals surface area (Å²) in [5, 5.41) is 0. The molecule has 0 radical (unpaired) electrons. The number of ketones is 1. The molecule has 3 rings (SSSR count). The molecule has 2 nitrogen and oxygen atoms in total. The number of carbonyl (C=O) groups is 1. The van der Waals surface area contributed by atoms with Crippen molar-refractivity contribution in [2.45, 2.75) is 32.3 Å². The molecule has 18 heavy (non-hydrogen) atoms. The van der Waals surface area contributed by atoms with Crippen molar-refractivity contribution in [1.29, 1.82) is 0 Å². The summed E-state index contributed by atoms with van der Waals surface area (Å²) in [6.07, 6.45) is 1.49. The number of fused-ring (bicyclic) bond motifs is 1. The van der Waals surface area contributed by atoms with Crippen molar-refractivity contribution in [3.8, 4) is 5.75 Å². The van der Waals surface area contributed by atoms with Crippen LogP contribution in [-0.4, -0.2) is 22.9 Å². The first-order valence-electron chi connectivity index (χ1n) is 6.39. The van der Waals surface area contributed by atoms with E-state index in [0.717, 1.165) is 29.2 Å². The van der Waals surface area contributed by atoms with Crippen LogP contribution >= 0.6 is 11.8 Å². The van der Waals surface area contributed by atoms with Gasteiger partial charge < -0.3 is 4.74 Å². The molecule has 1 aromatic carbocycles. The van der Waals surface area contributed by atoms with Gasteiger partial charge in [-0.05, 0) is 29.7 Å². The molecule has 0 aromatic heterocycles. The van der Waals surface area contributed by atoms with Crippen LogP contribution < -0.4 is 4.74 Å². The summed E-state index contributed by atoms with van der Waals surface area (Å²) in [5.74, 6) is 3.08. The minimum absolute atomic E-state index is 0.232. The summed E-state index contributed by atoms with van der Waals surface area (Å²) in [5.41, 5.74) is 0.712. The second kappa shape index (κ2) is 4.02. The fourth-order valence-corrected chi connectivity index (χ4v) is 4.50. The zero-order valence-corrected chi connectivity index (χ0v) is 11.7. The van der Waals surface area contributed by atoms with E-state index in [1.54, 1.807) is 0 Å². The molecular weight excluding hydrogens is 244 g/mol. The van der Waals surface area contributed by atoms with Gasteiger partial charge in [0.2, 0.25) is 0 Å². The molecule has 0 amide bonds. The largest absolute Gasteiger partial charge is 0.485 e. The average Bonchev–Trinajstić information content (AvgIpc) is 2.27. The lowest BCUT2D eigenvalue weighted by atomic mass is 9.77. The molecule has 0 N–H and O–H groups in total. The van der Waals surface area contributed by atoms with Crippen LogP contribution in [0, 0.1) is 5.41 Å². The molecule has 2 heterocycles. The number of Topliss-reactive ketones (excluding diaryl/α,β-unsaturated/α-hetero) is 1. The van der Waals surface area contributed by atoms with Gasteiger partial charge in [0, 0.05) is 5.75 Å². The number of rotatable bonds is 0.